The number of benzene rings is 1. The zero-order chi connectivity index (χ0) is 19.4. The number of carbonyl (C=O) groups excluding carboxylic acids is 1. The van der Waals surface area contributed by atoms with Crippen LogP contribution in [-0.2, 0) is 21.1 Å². The van der Waals surface area contributed by atoms with Crippen LogP contribution in [0.3, 0.4) is 0 Å². The van der Waals surface area contributed by atoms with E-state index < -0.39 is 9.84 Å². The summed E-state index contributed by atoms with van der Waals surface area (Å²) in [5.74, 6) is 1.32. The van der Waals surface area contributed by atoms with Crippen molar-refractivity contribution >= 4 is 27.3 Å². The maximum atomic E-state index is 12.6. The lowest BCUT2D eigenvalue weighted by Gasteiger charge is -2.34. The van der Waals surface area contributed by atoms with E-state index in [0.29, 0.717) is 62.5 Å². The molecule has 3 rings (SSSR count). The van der Waals surface area contributed by atoms with Crippen LogP contribution in [0.4, 0.5) is 0 Å². The predicted molar refractivity (Wildman–Crippen MR) is 103 cm³/mol. The van der Waals surface area contributed by atoms with E-state index in [1.54, 1.807) is 6.07 Å². The van der Waals surface area contributed by atoms with Gasteiger partial charge in [-0.15, -0.1) is 0 Å². The molecule has 0 unspecified atom stereocenters. The van der Waals surface area contributed by atoms with Gasteiger partial charge in [0.1, 0.15) is 9.84 Å². The van der Waals surface area contributed by atoms with Gasteiger partial charge in [-0.1, -0.05) is 11.6 Å². The normalized spacial score (nSPS) is 18.2. The van der Waals surface area contributed by atoms with Crippen LogP contribution in [0.2, 0.25) is 5.02 Å². The molecule has 2 aliphatic heterocycles. The summed E-state index contributed by atoms with van der Waals surface area (Å²) in [7, 11) is -2.97. The molecule has 0 aliphatic carbocycles. The largest absolute Gasteiger partial charge is 0.489 e. The van der Waals surface area contributed by atoms with Crippen LogP contribution in [0.5, 0.6) is 11.5 Å². The van der Waals surface area contributed by atoms with E-state index in [-0.39, 0.29) is 18.1 Å². The quantitative estimate of drug-likeness (QED) is 0.718. The van der Waals surface area contributed by atoms with E-state index in [1.165, 1.54) is 6.26 Å². The van der Waals surface area contributed by atoms with Crippen LogP contribution in [0, 0.1) is 0 Å². The Balaban J connectivity index is 1.55. The van der Waals surface area contributed by atoms with Crippen molar-refractivity contribution in [3.63, 3.8) is 0 Å². The third kappa shape index (κ3) is 5.73. The molecule has 2 heterocycles. The lowest BCUT2D eigenvalue weighted by molar-refractivity contribution is -0.132. The van der Waals surface area contributed by atoms with Crippen LogP contribution in [0.15, 0.2) is 12.1 Å². The van der Waals surface area contributed by atoms with Crippen LogP contribution in [-0.4, -0.2) is 82.1 Å². The maximum absolute atomic E-state index is 12.6. The van der Waals surface area contributed by atoms with E-state index in [9.17, 15) is 13.2 Å². The summed E-state index contributed by atoms with van der Waals surface area (Å²) in [5.41, 5.74) is 0.800. The number of halogens is 1. The van der Waals surface area contributed by atoms with E-state index in [2.05, 4.69) is 4.90 Å². The molecule has 0 spiro atoms. The molecule has 0 aromatic heterocycles. The van der Waals surface area contributed by atoms with Crippen LogP contribution in [0.25, 0.3) is 0 Å². The van der Waals surface area contributed by atoms with Crippen molar-refractivity contribution < 1.29 is 22.7 Å². The number of hydrogen-bond acceptors (Lipinski definition) is 6. The second kappa shape index (κ2) is 8.67. The van der Waals surface area contributed by atoms with Crippen molar-refractivity contribution in [1.82, 2.24) is 9.80 Å². The number of ether oxygens (including phenoxy) is 2. The van der Waals surface area contributed by atoms with Gasteiger partial charge in [-0.25, -0.2) is 8.42 Å². The van der Waals surface area contributed by atoms with Gasteiger partial charge in [-0.05, 0) is 17.7 Å². The van der Waals surface area contributed by atoms with Gasteiger partial charge in [0, 0.05) is 45.4 Å². The first-order valence-corrected chi connectivity index (χ1v) is 11.5. The van der Waals surface area contributed by atoms with Gasteiger partial charge in [0.2, 0.25) is 5.91 Å². The first-order valence-electron chi connectivity index (χ1n) is 9.08. The Morgan fingerprint density at radius 3 is 2.56 bits per heavy atom. The maximum Gasteiger partial charge on any atom is 0.227 e. The molecule has 0 atom stereocenters. The van der Waals surface area contributed by atoms with E-state index in [0.717, 1.165) is 12.0 Å². The zero-order valence-electron chi connectivity index (χ0n) is 15.4. The molecule has 1 aromatic carbocycles. The number of carbonyl (C=O) groups is 1. The number of amides is 1. The number of fused-ring (bicyclic) bond motifs is 1. The standard InChI is InChI=1S/C18H25ClN2O5S/c1-27(23,24)10-7-20-3-5-21(6-4-20)17(22)13-14-11-15(19)18-16(12-14)25-8-2-9-26-18/h11-12H,2-10,13H2,1H3. The molecule has 1 amide bonds. The highest BCUT2D eigenvalue weighted by molar-refractivity contribution is 7.90. The summed E-state index contributed by atoms with van der Waals surface area (Å²) in [5, 5.41) is 0.461. The smallest absolute Gasteiger partial charge is 0.227 e. The summed E-state index contributed by atoms with van der Waals surface area (Å²) in [6.07, 6.45) is 2.29. The highest BCUT2D eigenvalue weighted by atomic mass is 35.5. The first-order chi connectivity index (χ1) is 12.8. The summed E-state index contributed by atoms with van der Waals surface area (Å²) >= 11 is 6.29. The van der Waals surface area contributed by atoms with Crippen LogP contribution in [0.1, 0.15) is 12.0 Å². The van der Waals surface area contributed by atoms with E-state index >= 15 is 0 Å². The highest BCUT2D eigenvalue weighted by Gasteiger charge is 2.23. The molecule has 0 bridgehead atoms. The fraction of sp³-hybridized carbons (Fsp3) is 0.611. The van der Waals surface area contributed by atoms with E-state index in [1.807, 2.05) is 11.0 Å². The topological polar surface area (TPSA) is 76.2 Å². The molecule has 1 aromatic rings. The summed E-state index contributed by atoms with van der Waals surface area (Å²) in [4.78, 5) is 16.5. The summed E-state index contributed by atoms with van der Waals surface area (Å²) < 4.78 is 33.8. The number of rotatable bonds is 5. The lowest BCUT2D eigenvalue weighted by atomic mass is 10.1. The fourth-order valence-corrected chi connectivity index (χ4v) is 4.07. The van der Waals surface area contributed by atoms with Gasteiger partial charge in [0.25, 0.3) is 0 Å². The number of hydrogen-bond donors (Lipinski definition) is 0. The minimum absolute atomic E-state index is 0.0309. The average molecular weight is 417 g/mol. The molecule has 1 saturated heterocycles. The third-order valence-electron chi connectivity index (χ3n) is 4.72. The number of sulfone groups is 1. The zero-order valence-corrected chi connectivity index (χ0v) is 17.0. The van der Waals surface area contributed by atoms with Crippen molar-refractivity contribution in [2.75, 3.05) is 57.9 Å². The minimum atomic E-state index is -2.97. The molecule has 2 aliphatic rings. The van der Waals surface area contributed by atoms with Crippen molar-refractivity contribution in [3.8, 4) is 11.5 Å². The van der Waals surface area contributed by atoms with Gasteiger partial charge >= 0.3 is 0 Å². The predicted octanol–water partition coefficient (Wildman–Crippen LogP) is 1.23. The van der Waals surface area contributed by atoms with Gasteiger partial charge < -0.3 is 14.4 Å². The fourth-order valence-electron chi connectivity index (χ4n) is 3.19. The lowest BCUT2D eigenvalue weighted by Crippen LogP contribution is -2.50. The SMILES string of the molecule is CS(=O)(=O)CCN1CCN(C(=O)Cc2cc(Cl)c3c(c2)OCCCO3)CC1. The first kappa shape index (κ1) is 20.2. The number of piperazine rings is 1. The van der Waals surface area contributed by atoms with Gasteiger partial charge in [0.05, 0.1) is 30.4 Å². The molecule has 0 saturated carbocycles. The van der Waals surface area contributed by atoms with Crippen molar-refractivity contribution in [1.29, 1.82) is 0 Å². The van der Waals surface area contributed by atoms with Gasteiger partial charge in [0.15, 0.2) is 11.5 Å². The Hall–Kier alpha value is -1.51. The average Bonchev–Trinajstić information content (AvgIpc) is 2.85. The Labute approximate surface area is 165 Å². The number of nitrogens with zero attached hydrogens (tertiary/aromatic N) is 2. The molecular formula is C18H25ClN2O5S. The highest BCUT2D eigenvalue weighted by Crippen LogP contribution is 2.38. The third-order valence-corrected chi connectivity index (χ3v) is 5.93. The summed E-state index contributed by atoms with van der Waals surface area (Å²) in [6.45, 7) is 4.21. The molecule has 9 heteroatoms. The monoisotopic (exact) mass is 416 g/mol. The molecular weight excluding hydrogens is 392 g/mol. The van der Waals surface area contributed by atoms with Crippen molar-refractivity contribution in [2.24, 2.45) is 0 Å². The van der Waals surface area contributed by atoms with Gasteiger partial charge in [-0.2, -0.15) is 0 Å². The molecule has 0 N–H and O–H groups in total. The Bertz CT molecular complexity index is 791. The van der Waals surface area contributed by atoms with E-state index in [4.69, 9.17) is 21.1 Å². The second-order valence-corrected chi connectivity index (χ2v) is 9.65. The Kier molecular flexibility index (Phi) is 6.49. The summed E-state index contributed by atoms with van der Waals surface area (Å²) in [6, 6.07) is 3.59. The Morgan fingerprint density at radius 2 is 1.85 bits per heavy atom. The minimum Gasteiger partial charge on any atom is -0.489 e. The Morgan fingerprint density at radius 1 is 1.15 bits per heavy atom. The van der Waals surface area contributed by atoms with Gasteiger partial charge in [-0.3, -0.25) is 9.69 Å². The molecule has 1 fully saturated rings. The van der Waals surface area contributed by atoms with Crippen molar-refractivity contribution in [2.45, 2.75) is 12.8 Å². The molecule has 0 radical (unpaired) electrons. The van der Waals surface area contributed by atoms with Crippen LogP contribution >= 0.6 is 11.6 Å². The molecule has 27 heavy (non-hydrogen) atoms. The van der Waals surface area contributed by atoms with Crippen molar-refractivity contribution in [3.05, 3.63) is 22.7 Å². The second-order valence-electron chi connectivity index (χ2n) is 6.98. The molecule has 150 valence electrons. The molecule has 7 nitrogen and oxygen atoms in total. The van der Waals surface area contributed by atoms with Crippen LogP contribution < -0.4 is 9.47 Å².